The van der Waals surface area contributed by atoms with Crippen molar-refractivity contribution >= 4 is 11.6 Å². The molecule has 2 aromatic carbocycles. The van der Waals surface area contributed by atoms with E-state index in [2.05, 4.69) is 42.5 Å². The lowest BCUT2D eigenvalue weighted by atomic mass is 9.69. The van der Waals surface area contributed by atoms with E-state index in [-0.39, 0.29) is 0 Å². The number of benzene rings is 2. The summed E-state index contributed by atoms with van der Waals surface area (Å²) in [7, 11) is 0. The molecule has 1 unspecified atom stereocenters. The molecule has 1 saturated carbocycles. The summed E-state index contributed by atoms with van der Waals surface area (Å²) in [4.78, 5) is 0. The van der Waals surface area contributed by atoms with Gasteiger partial charge in [-0.15, -0.1) is 0 Å². The van der Waals surface area contributed by atoms with Gasteiger partial charge >= 0.3 is 0 Å². The van der Waals surface area contributed by atoms with Gasteiger partial charge < -0.3 is 4.42 Å². The van der Waals surface area contributed by atoms with E-state index in [1.807, 2.05) is 18.2 Å². The Bertz CT molecular complexity index is 803. The molecule has 0 radical (unpaired) electrons. The molecule has 1 heterocycles. The van der Waals surface area contributed by atoms with E-state index < -0.39 is 0 Å². The van der Waals surface area contributed by atoms with Crippen LogP contribution in [-0.4, -0.2) is 0 Å². The van der Waals surface area contributed by atoms with Crippen LogP contribution in [0.2, 0.25) is 5.02 Å². The fraction of sp³-hybridized carbons (Fsp3) is 0.304. The van der Waals surface area contributed by atoms with Crippen molar-refractivity contribution in [3.05, 3.63) is 94.4 Å². The van der Waals surface area contributed by atoms with Gasteiger partial charge in [0, 0.05) is 11.4 Å². The maximum Gasteiger partial charge on any atom is 0.108 e. The van der Waals surface area contributed by atoms with Gasteiger partial charge in [0.15, 0.2) is 0 Å². The largest absolute Gasteiger partial charge is 0.469 e. The van der Waals surface area contributed by atoms with E-state index in [1.54, 1.807) is 6.26 Å². The summed E-state index contributed by atoms with van der Waals surface area (Å²) in [6, 6.07) is 21.2. The normalized spacial score (nSPS) is 15.7. The molecule has 0 amide bonds. The maximum absolute atomic E-state index is 6.62. The van der Waals surface area contributed by atoms with Crippen LogP contribution in [0.3, 0.4) is 0 Å². The van der Waals surface area contributed by atoms with E-state index in [1.165, 1.54) is 36.0 Å². The highest BCUT2D eigenvalue weighted by atomic mass is 35.5. The number of rotatable bonds is 6. The second-order valence-electron chi connectivity index (χ2n) is 7.05. The van der Waals surface area contributed by atoms with Crippen molar-refractivity contribution in [1.29, 1.82) is 0 Å². The first-order valence-corrected chi connectivity index (χ1v) is 9.52. The lowest BCUT2D eigenvalue weighted by molar-refractivity contribution is 0.258. The van der Waals surface area contributed by atoms with Crippen LogP contribution in [0.4, 0.5) is 0 Å². The van der Waals surface area contributed by atoms with Gasteiger partial charge in [-0.05, 0) is 66.0 Å². The zero-order chi connectivity index (χ0) is 17.1. The molecule has 1 aromatic heterocycles. The molecule has 1 aliphatic rings. The minimum atomic E-state index is 0.528. The van der Waals surface area contributed by atoms with Crippen LogP contribution in [0.15, 0.2) is 71.3 Å². The lowest BCUT2D eigenvalue weighted by Crippen LogP contribution is -2.23. The monoisotopic (exact) mass is 350 g/mol. The molecule has 0 aliphatic heterocycles. The SMILES string of the molecule is Clc1cccc(C(Cc2ccccc2)C2CCC2)c1Cc1ccco1. The highest BCUT2D eigenvalue weighted by Gasteiger charge is 2.30. The molecule has 2 heteroatoms. The second-order valence-corrected chi connectivity index (χ2v) is 7.46. The quantitative estimate of drug-likeness (QED) is 0.485. The van der Waals surface area contributed by atoms with Crippen LogP contribution in [0.1, 0.15) is 47.6 Å². The van der Waals surface area contributed by atoms with Crippen LogP contribution in [0.25, 0.3) is 0 Å². The van der Waals surface area contributed by atoms with Crippen molar-refractivity contribution < 1.29 is 4.42 Å². The third-order valence-electron chi connectivity index (χ3n) is 5.50. The first-order chi connectivity index (χ1) is 12.3. The minimum Gasteiger partial charge on any atom is -0.469 e. The Morgan fingerprint density at radius 1 is 0.960 bits per heavy atom. The van der Waals surface area contributed by atoms with Crippen LogP contribution < -0.4 is 0 Å². The van der Waals surface area contributed by atoms with Gasteiger partial charge in [-0.25, -0.2) is 0 Å². The Balaban J connectivity index is 1.70. The molecule has 0 N–H and O–H groups in total. The molecule has 0 saturated heterocycles. The zero-order valence-corrected chi connectivity index (χ0v) is 15.1. The fourth-order valence-electron chi connectivity index (χ4n) is 3.94. The van der Waals surface area contributed by atoms with Crippen molar-refractivity contribution in [2.45, 2.75) is 38.0 Å². The smallest absolute Gasteiger partial charge is 0.108 e. The highest BCUT2D eigenvalue weighted by molar-refractivity contribution is 6.31. The van der Waals surface area contributed by atoms with E-state index >= 15 is 0 Å². The average Bonchev–Trinajstić information content (AvgIpc) is 3.09. The molecule has 128 valence electrons. The molecule has 0 bridgehead atoms. The molecule has 0 spiro atoms. The Morgan fingerprint density at radius 2 is 1.80 bits per heavy atom. The number of halogens is 1. The van der Waals surface area contributed by atoms with Gasteiger partial charge in [-0.1, -0.05) is 60.5 Å². The molecule has 1 fully saturated rings. The summed E-state index contributed by atoms with van der Waals surface area (Å²) in [5.74, 6) is 2.26. The van der Waals surface area contributed by atoms with Gasteiger partial charge in [0.1, 0.15) is 5.76 Å². The number of furan rings is 1. The van der Waals surface area contributed by atoms with Crippen LogP contribution >= 0.6 is 11.6 Å². The summed E-state index contributed by atoms with van der Waals surface area (Å²) in [6.45, 7) is 0. The van der Waals surface area contributed by atoms with Crippen molar-refractivity contribution in [2.24, 2.45) is 5.92 Å². The van der Waals surface area contributed by atoms with E-state index in [4.69, 9.17) is 16.0 Å². The molecule has 4 rings (SSSR count). The standard InChI is InChI=1S/C23H23ClO/c24-23-13-5-12-20(22(23)16-19-11-6-14-25-19)21(18-9-4-10-18)15-17-7-2-1-3-8-17/h1-3,5-8,11-14,18,21H,4,9-10,15-16H2. The van der Waals surface area contributed by atoms with Gasteiger partial charge in [-0.2, -0.15) is 0 Å². The molecule has 3 aromatic rings. The van der Waals surface area contributed by atoms with Crippen molar-refractivity contribution in [1.82, 2.24) is 0 Å². The molecular formula is C23H23ClO. The van der Waals surface area contributed by atoms with Crippen LogP contribution in [0, 0.1) is 5.92 Å². The van der Waals surface area contributed by atoms with E-state index in [0.29, 0.717) is 5.92 Å². The highest BCUT2D eigenvalue weighted by Crippen LogP contribution is 2.43. The number of hydrogen-bond donors (Lipinski definition) is 0. The average molecular weight is 351 g/mol. The minimum absolute atomic E-state index is 0.528. The van der Waals surface area contributed by atoms with Crippen molar-refractivity contribution in [3.8, 4) is 0 Å². The third kappa shape index (κ3) is 3.67. The van der Waals surface area contributed by atoms with Crippen LogP contribution in [-0.2, 0) is 12.8 Å². The Hall–Kier alpha value is -1.99. The molecule has 25 heavy (non-hydrogen) atoms. The van der Waals surface area contributed by atoms with Gasteiger partial charge in [0.2, 0.25) is 0 Å². The van der Waals surface area contributed by atoms with Gasteiger partial charge in [0.05, 0.1) is 6.26 Å². The fourth-order valence-corrected chi connectivity index (χ4v) is 4.19. The van der Waals surface area contributed by atoms with Gasteiger partial charge in [0.25, 0.3) is 0 Å². The van der Waals surface area contributed by atoms with Gasteiger partial charge in [-0.3, -0.25) is 0 Å². The molecular weight excluding hydrogens is 328 g/mol. The summed E-state index contributed by atoms with van der Waals surface area (Å²) in [5, 5.41) is 0.853. The molecule has 1 nitrogen and oxygen atoms in total. The van der Waals surface area contributed by atoms with E-state index in [0.717, 1.165) is 29.5 Å². The lowest BCUT2D eigenvalue weighted by Gasteiger charge is -2.35. The summed E-state index contributed by atoms with van der Waals surface area (Å²) in [6.07, 6.45) is 7.58. The van der Waals surface area contributed by atoms with Crippen LogP contribution in [0.5, 0.6) is 0 Å². The topological polar surface area (TPSA) is 13.1 Å². The number of hydrogen-bond acceptors (Lipinski definition) is 1. The summed E-state index contributed by atoms with van der Waals surface area (Å²) < 4.78 is 5.59. The maximum atomic E-state index is 6.62. The van der Waals surface area contributed by atoms with Crippen molar-refractivity contribution in [2.75, 3.05) is 0 Å². The first kappa shape index (κ1) is 16.5. The Kier molecular flexibility index (Phi) is 4.94. The zero-order valence-electron chi connectivity index (χ0n) is 14.3. The Labute approximate surface area is 154 Å². The predicted molar refractivity (Wildman–Crippen MR) is 103 cm³/mol. The first-order valence-electron chi connectivity index (χ1n) is 9.15. The van der Waals surface area contributed by atoms with Crippen molar-refractivity contribution in [3.63, 3.8) is 0 Å². The summed E-state index contributed by atoms with van der Waals surface area (Å²) >= 11 is 6.62. The summed E-state index contributed by atoms with van der Waals surface area (Å²) in [5.41, 5.74) is 4.03. The molecule has 1 atom stereocenters. The predicted octanol–water partition coefficient (Wildman–Crippen LogP) is 6.65. The van der Waals surface area contributed by atoms with E-state index in [9.17, 15) is 0 Å². The Morgan fingerprint density at radius 3 is 2.48 bits per heavy atom. The second kappa shape index (κ2) is 7.49. The molecule has 1 aliphatic carbocycles. The third-order valence-corrected chi connectivity index (χ3v) is 5.86.